The topological polar surface area (TPSA) is 149 Å². The van der Waals surface area contributed by atoms with Gasteiger partial charge in [0.25, 0.3) is 11.8 Å². The minimum atomic E-state index is -0.886. The van der Waals surface area contributed by atoms with Gasteiger partial charge in [-0.15, -0.1) is 11.3 Å². The van der Waals surface area contributed by atoms with Crippen molar-refractivity contribution in [2.24, 2.45) is 16.6 Å². The Morgan fingerprint density at radius 2 is 1.94 bits per heavy atom. The van der Waals surface area contributed by atoms with Crippen molar-refractivity contribution in [3.63, 3.8) is 0 Å². The first kappa shape index (κ1) is 24.4. The molecule has 6 N–H and O–H groups in total. The molecule has 0 spiro atoms. The van der Waals surface area contributed by atoms with Gasteiger partial charge in [-0.1, -0.05) is 54.6 Å². The molecule has 1 aromatic heterocycles. The van der Waals surface area contributed by atoms with Crippen molar-refractivity contribution < 1.29 is 14.4 Å². The highest BCUT2D eigenvalue weighted by molar-refractivity contribution is 7.13. The van der Waals surface area contributed by atoms with Gasteiger partial charge < -0.3 is 20.6 Å². The average Bonchev–Trinajstić information content (AvgIpc) is 3.24. The summed E-state index contributed by atoms with van der Waals surface area (Å²) < 4.78 is 5.25. The zero-order chi connectivity index (χ0) is 24.8. The van der Waals surface area contributed by atoms with Gasteiger partial charge in [0.15, 0.2) is 6.17 Å². The van der Waals surface area contributed by atoms with Crippen molar-refractivity contribution in [1.82, 2.24) is 4.98 Å². The number of benzene rings is 2. The highest BCUT2D eigenvalue weighted by Crippen LogP contribution is 2.30. The van der Waals surface area contributed by atoms with Crippen LogP contribution in [0.1, 0.15) is 33.1 Å². The molecule has 2 aromatic carbocycles. The Balaban J connectivity index is 0.000000168. The Bertz CT molecular complexity index is 1290. The number of benzodiazepines with no additional fused rings is 1. The Morgan fingerprint density at radius 3 is 2.66 bits per heavy atom. The summed E-state index contributed by atoms with van der Waals surface area (Å²) in [7, 11) is 0. The van der Waals surface area contributed by atoms with Crippen molar-refractivity contribution in [3.05, 3.63) is 87.4 Å². The number of ether oxygens (including phenoxy) is 1. The van der Waals surface area contributed by atoms with Crippen LogP contribution >= 0.6 is 11.3 Å². The number of aliphatic imine (C=N–C) groups is 1. The van der Waals surface area contributed by atoms with Crippen LogP contribution in [0.3, 0.4) is 0 Å². The third-order valence-corrected chi connectivity index (χ3v) is 6.39. The zero-order valence-electron chi connectivity index (χ0n) is 19.2. The molecule has 35 heavy (non-hydrogen) atoms. The Labute approximate surface area is 207 Å². The second-order valence-corrected chi connectivity index (χ2v) is 8.94. The number of carbonyl (C=O) groups excluding carboxylic acids is 1. The number of hydrogen-bond donors (Lipinski definition) is 4. The molecule has 0 bridgehead atoms. The number of aryl methyl sites for hydroxylation is 1. The summed E-state index contributed by atoms with van der Waals surface area (Å²) in [6.07, 6.45) is 1.97. The van der Waals surface area contributed by atoms with Crippen LogP contribution in [0.2, 0.25) is 0 Å². The van der Waals surface area contributed by atoms with Gasteiger partial charge >= 0.3 is 0 Å². The van der Waals surface area contributed by atoms with Gasteiger partial charge in [-0.25, -0.2) is 4.98 Å². The summed E-state index contributed by atoms with van der Waals surface area (Å²) >= 11 is 1.55. The number of aromatic nitrogens is 1. The van der Waals surface area contributed by atoms with Gasteiger partial charge in [-0.3, -0.25) is 15.2 Å². The van der Waals surface area contributed by atoms with E-state index >= 15 is 0 Å². The van der Waals surface area contributed by atoms with Gasteiger partial charge in [-0.05, 0) is 25.0 Å². The van der Waals surface area contributed by atoms with Crippen molar-refractivity contribution >= 4 is 40.1 Å². The van der Waals surface area contributed by atoms with Crippen LogP contribution in [0, 0.1) is 12.3 Å². The number of anilines is 1. The molecule has 5 rings (SSSR count). The summed E-state index contributed by atoms with van der Waals surface area (Å²) in [5.74, 6) is 4.62. The fourth-order valence-corrected chi connectivity index (χ4v) is 4.67. The molecule has 10 heteroatoms. The van der Waals surface area contributed by atoms with E-state index in [0.717, 1.165) is 44.4 Å². The van der Waals surface area contributed by atoms with Crippen LogP contribution < -0.4 is 16.9 Å². The predicted molar refractivity (Wildman–Crippen MR) is 137 cm³/mol. The molecule has 0 aliphatic carbocycles. The maximum absolute atomic E-state index is 11.8. The van der Waals surface area contributed by atoms with E-state index in [4.69, 9.17) is 21.8 Å². The van der Waals surface area contributed by atoms with E-state index in [1.54, 1.807) is 11.3 Å². The highest BCUT2D eigenvalue weighted by atomic mass is 32.1. The van der Waals surface area contributed by atoms with Crippen molar-refractivity contribution in [2.75, 3.05) is 18.5 Å². The molecule has 3 aromatic rings. The van der Waals surface area contributed by atoms with E-state index in [1.165, 1.54) is 0 Å². The molecule has 0 saturated heterocycles. The van der Waals surface area contributed by atoms with Crippen LogP contribution in [0.15, 0.2) is 65.7 Å². The molecular formula is C25H26N6O3S. The zero-order valence-corrected chi connectivity index (χ0v) is 20.0. The monoisotopic (exact) mass is 490 g/mol. The van der Waals surface area contributed by atoms with Gasteiger partial charge in [0.05, 0.1) is 34.5 Å². The first-order valence-electron chi connectivity index (χ1n) is 11.0. The molecule has 1 atom stereocenters. The lowest BCUT2D eigenvalue weighted by Crippen LogP contribution is -2.33. The number of fused-ring (bicyclic) bond motifs is 1. The van der Waals surface area contributed by atoms with Crippen LogP contribution in [-0.2, 0) is 14.4 Å². The van der Waals surface area contributed by atoms with E-state index in [9.17, 15) is 4.79 Å². The Hall–Kier alpha value is -3.70. The first-order valence-corrected chi connectivity index (χ1v) is 11.8. The lowest BCUT2D eigenvalue weighted by Gasteiger charge is -2.12. The largest absolute Gasteiger partial charge is 0.389 e. The molecular weight excluding hydrogens is 464 g/mol. The number of thiazole rings is 1. The second-order valence-electron chi connectivity index (χ2n) is 7.74. The third kappa shape index (κ3) is 5.69. The number of rotatable bonds is 3. The number of carbonyl (C=O) groups is 1. The van der Waals surface area contributed by atoms with Crippen LogP contribution in [0.4, 0.5) is 5.69 Å². The van der Waals surface area contributed by atoms with Gasteiger partial charge in [0.2, 0.25) is 0 Å². The van der Waals surface area contributed by atoms with Gasteiger partial charge in [0, 0.05) is 11.1 Å². The number of nitrogens with zero attached hydrogens (tertiary/aromatic N) is 2. The maximum atomic E-state index is 11.8. The standard InChI is InChI=1S/C15H13N3O.C10H13N3O2S/c16-14-15(19)17-12-9-5-4-8-11(12)13(18-14)10-6-2-1-3-7-10;1-6-13-8(10(11)15-12)9(16-6)7-2-4-14-5-3-7/h1-9,14H,16H2,(H,17,19);2,11H,3-5,12H2,1H3. The average molecular weight is 491 g/mol. The lowest BCUT2D eigenvalue weighted by atomic mass is 10.0. The number of nitrogens with one attached hydrogen (secondary N) is 2. The summed E-state index contributed by atoms with van der Waals surface area (Å²) in [6, 6.07) is 17.3. The molecule has 0 radical (unpaired) electrons. The number of hydrogen-bond acceptors (Lipinski definition) is 9. The molecule has 0 saturated carbocycles. The summed E-state index contributed by atoms with van der Waals surface area (Å²) in [4.78, 5) is 25.8. The fraction of sp³-hybridized carbons (Fsp3) is 0.200. The first-order chi connectivity index (χ1) is 17.0. The van der Waals surface area contributed by atoms with E-state index in [-0.39, 0.29) is 11.8 Å². The van der Waals surface area contributed by atoms with Crippen molar-refractivity contribution in [3.8, 4) is 0 Å². The summed E-state index contributed by atoms with van der Waals surface area (Å²) in [5, 5.41) is 11.3. The van der Waals surface area contributed by atoms with Crippen molar-refractivity contribution in [2.45, 2.75) is 19.5 Å². The molecule has 1 unspecified atom stereocenters. The summed E-state index contributed by atoms with van der Waals surface area (Å²) in [6.45, 7) is 3.23. The van der Waals surface area contributed by atoms with E-state index < -0.39 is 6.17 Å². The van der Waals surface area contributed by atoms with Crippen LogP contribution in [0.25, 0.3) is 5.57 Å². The van der Waals surface area contributed by atoms with Crippen LogP contribution in [0.5, 0.6) is 0 Å². The highest BCUT2D eigenvalue weighted by Gasteiger charge is 2.22. The Morgan fingerprint density at radius 1 is 1.20 bits per heavy atom. The van der Waals surface area contributed by atoms with Crippen molar-refractivity contribution in [1.29, 1.82) is 5.41 Å². The minimum absolute atomic E-state index is 0.0910. The maximum Gasteiger partial charge on any atom is 0.263 e. The van der Waals surface area contributed by atoms with Crippen LogP contribution in [-0.4, -0.2) is 41.9 Å². The second kappa shape index (κ2) is 11.2. The molecule has 9 nitrogen and oxygen atoms in total. The number of para-hydroxylation sites is 1. The molecule has 3 heterocycles. The van der Waals surface area contributed by atoms with E-state index in [0.29, 0.717) is 18.9 Å². The summed E-state index contributed by atoms with van der Waals surface area (Å²) in [5.41, 5.74) is 10.8. The van der Waals surface area contributed by atoms with E-state index in [2.05, 4.69) is 20.1 Å². The number of amides is 1. The molecule has 180 valence electrons. The number of nitrogens with two attached hydrogens (primary N) is 2. The normalized spacial score (nSPS) is 17.0. The smallest absolute Gasteiger partial charge is 0.263 e. The molecule has 2 aliphatic rings. The lowest BCUT2D eigenvalue weighted by molar-refractivity contribution is -0.117. The Kier molecular flexibility index (Phi) is 7.78. The molecule has 0 fully saturated rings. The molecule has 2 aliphatic heterocycles. The molecule has 1 amide bonds. The third-order valence-electron chi connectivity index (χ3n) is 5.35. The minimum Gasteiger partial charge on any atom is -0.389 e. The predicted octanol–water partition coefficient (Wildman–Crippen LogP) is 3.23. The van der Waals surface area contributed by atoms with Gasteiger partial charge in [-0.2, -0.15) is 5.90 Å². The SMILES string of the molecule is Cc1nc(C(=N)ON)c(C2=CCOCC2)s1.NC1N=C(c2ccccc2)c2ccccc2NC1=O. The van der Waals surface area contributed by atoms with Gasteiger partial charge in [0.1, 0.15) is 5.69 Å². The van der Waals surface area contributed by atoms with E-state index in [1.807, 2.05) is 67.6 Å². The quantitative estimate of drug-likeness (QED) is 0.252. The fourth-order valence-electron chi connectivity index (χ4n) is 3.69.